The predicted octanol–water partition coefficient (Wildman–Crippen LogP) is 2.28. The molecule has 0 aliphatic carbocycles. The number of aromatic nitrogens is 1. The van der Waals surface area contributed by atoms with Crippen molar-refractivity contribution in [3.05, 3.63) is 48.8 Å². The van der Waals surface area contributed by atoms with E-state index >= 15 is 0 Å². The highest BCUT2D eigenvalue weighted by Crippen LogP contribution is 2.23. The lowest BCUT2D eigenvalue weighted by atomic mass is 10.1. The smallest absolute Gasteiger partial charge is 0.321 e. The Bertz CT molecular complexity index is 551. The van der Waals surface area contributed by atoms with E-state index in [1.165, 1.54) is 0 Å². The molecular formula is C14H13N3O. The zero-order chi connectivity index (χ0) is 12.4. The molecule has 4 heteroatoms. The average molecular weight is 239 g/mol. The van der Waals surface area contributed by atoms with Gasteiger partial charge in [0.2, 0.25) is 0 Å². The Balaban J connectivity index is 1.87. The number of carbonyl (C=O) groups is 1. The van der Waals surface area contributed by atoms with Gasteiger partial charge in [0.25, 0.3) is 0 Å². The highest BCUT2D eigenvalue weighted by Gasteiger charge is 2.20. The Hall–Kier alpha value is -2.36. The van der Waals surface area contributed by atoms with E-state index < -0.39 is 0 Å². The van der Waals surface area contributed by atoms with Crippen molar-refractivity contribution < 1.29 is 4.79 Å². The van der Waals surface area contributed by atoms with Crippen molar-refractivity contribution >= 4 is 11.7 Å². The van der Waals surface area contributed by atoms with Crippen molar-refractivity contribution in [1.82, 2.24) is 10.3 Å². The van der Waals surface area contributed by atoms with Gasteiger partial charge in [-0.15, -0.1) is 0 Å². The summed E-state index contributed by atoms with van der Waals surface area (Å²) in [5.41, 5.74) is 3.19. The minimum absolute atomic E-state index is 0.0216. The number of nitrogens with zero attached hydrogens (tertiary/aromatic N) is 2. The van der Waals surface area contributed by atoms with Crippen LogP contribution in [0.5, 0.6) is 0 Å². The summed E-state index contributed by atoms with van der Waals surface area (Å²) in [6.45, 7) is 1.44. The Morgan fingerprint density at radius 1 is 1.00 bits per heavy atom. The normalized spacial score (nSPS) is 14.7. The molecule has 0 unspecified atom stereocenters. The maximum atomic E-state index is 11.5. The molecule has 1 fully saturated rings. The second-order valence-electron chi connectivity index (χ2n) is 4.17. The van der Waals surface area contributed by atoms with Crippen LogP contribution in [0.4, 0.5) is 10.5 Å². The maximum Gasteiger partial charge on any atom is 0.321 e. The molecule has 1 aromatic carbocycles. The van der Waals surface area contributed by atoms with Crippen LogP contribution >= 0.6 is 0 Å². The molecule has 2 amide bonds. The predicted molar refractivity (Wildman–Crippen MR) is 70.4 cm³/mol. The van der Waals surface area contributed by atoms with Gasteiger partial charge in [0.05, 0.1) is 0 Å². The number of benzene rings is 1. The number of nitrogens with one attached hydrogen (secondary N) is 1. The molecule has 1 aliphatic rings. The summed E-state index contributed by atoms with van der Waals surface area (Å²) in [4.78, 5) is 17.3. The summed E-state index contributed by atoms with van der Waals surface area (Å²) in [5, 5.41) is 2.79. The van der Waals surface area contributed by atoms with Gasteiger partial charge in [0.15, 0.2) is 0 Å². The van der Waals surface area contributed by atoms with Crippen molar-refractivity contribution in [2.75, 3.05) is 18.0 Å². The first kappa shape index (κ1) is 10.8. The molecule has 2 aromatic rings. The lowest BCUT2D eigenvalue weighted by molar-refractivity contribution is 0.252. The van der Waals surface area contributed by atoms with Gasteiger partial charge >= 0.3 is 6.03 Å². The molecule has 2 heterocycles. The molecule has 1 aliphatic heterocycles. The van der Waals surface area contributed by atoms with Gasteiger partial charge in [0, 0.05) is 31.2 Å². The van der Waals surface area contributed by atoms with Gasteiger partial charge in [-0.05, 0) is 35.4 Å². The number of urea groups is 1. The summed E-state index contributed by atoms with van der Waals surface area (Å²) in [6.07, 6.45) is 3.55. The van der Waals surface area contributed by atoms with Crippen molar-refractivity contribution in [1.29, 1.82) is 0 Å². The quantitative estimate of drug-likeness (QED) is 0.873. The number of amides is 2. The van der Waals surface area contributed by atoms with Crippen LogP contribution < -0.4 is 10.2 Å². The zero-order valence-corrected chi connectivity index (χ0v) is 9.84. The van der Waals surface area contributed by atoms with Crippen LogP contribution in [-0.4, -0.2) is 24.1 Å². The third kappa shape index (κ3) is 1.93. The van der Waals surface area contributed by atoms with Crippen molar-refractivity contribution in [2.45, 2.75) is 0 Å². The van der Waals surface area contributed by atoms with Crippen LogP contribution in [0.1, 0.15) is 0 Å². The van der Waals surface area contributed by atoms with Crippen molar-refractivity contribution in [3.63, 3.8) is 0 Å². The number of pyridine rings is 1. The topological polar surface area (TPSA) is 45.2 Å². The zero-order valence-electron chi connectivity index (χ0n) is 9.84. The van der Waals surface area contributed by atoms with Gasteiger partial charge < -0.3 is 5.32 Å². The first-order chi connectivity index (χ1) is 8.84. The number of carbonyl (C=O) groups excluding carboxylic acids is 1. The van der Waals surface area contributed by atoms with Gasteiger partial charge in [-0.25, -0.2) is 4.79 Å². The molecule has 0 spiro atoms. The molecule has 1 aromatic heterocycles. The number of rotatable bonds is 2. The molecule has 4 nitrogen and oxygen atoms in total. The van der Waals surface area contributed by atoms with E-state index in [9.17, 15) is 4.79 Å². The molecule has 1 saturated heterocycles. The fourth-order valence-corrected chi connectivity index (χ4v) is 2.10. The lowest BCUT2D eigenvalue weighted by Gasteiger charge is -2.14. The second kappa shape index (κ2) is 4.49. The molecule has 90 valence electrons. The van der Waals surface area contributed by atoms with E-state index in [1.54, 1.807) is 17.3 Å². The number of hydrogen-bond donors (Lipinski definition) is 1. The fourth-order valence-electron chi connectivity index (χ4n) is 2.10. The van der Waals surface area contributed by atoms with Crippen LogP contribution in [0.15, 0.2) is 48.8 Å². The number of anilines is 1. The van der Waals surface area contributed by atoms with E-state index in [2.05, 4.69) is 10.3 Å². The van der Waals surface area contributed by atoms with Crippen LogP contribution in [0, 0.1) is 0 Å². The second-order valence-corrected chi connectivity index (χ2v) is 4.17. The Kier molecular flexibility index (Phi) is 2.68. The van der Waals surface area contributed by atoms with Gasteiger partial charge in [-0.3, -0.25) is 9.88 Å². The standard InChI is InChI=1S/C14H13N3O/c18-14-16-9-10-17(14)13-3-1-11(2-4-13)12-5-7-15-8-6-12/h1-8H,9-10H2,(H,16,18). The summed E-state index contributed by atoms with van der Waals surface area (Å²) in [7, 11) is 0. The van der Waals surface area contributed by atoms with E-state index in [0.29, 0.717) is 6.54 Å². The Morgan fingerprint density at radius 2 is 1.67 bits per heavy atom. The first-order valence-corrected chi connectivity index (χ1v) is 5.90. The Morgan fingerprint density at radius 3 is 2.28 bits per heavy atom. The minimum atomic E-state index is -0.0216. The lowest BCUT2D eigenvalue weighted by Crippen LogP contribution is -2.27. The summed E-state index contributed by atoms with van der Waals surface area (Å²) in [5.74, 6) is 0. The van der Waals surface area contributed by atoms with Crippen molar-refractivity contribution in [3.8, 4) is 11.1 Å². The Labute approximate surface area is 105 Å². The highest BCUT2D eigenvalue weighted by atomic mass is 16.2. The number of hydrogen-bond acceptors (Lipinski definition) is 2. The van der Waals surface area contributed by atoms with Gasteiger partial charge in [0.1, 0.15) is 0 Å². The van der Waals surface area contributed by atoms with Crippen LogP contribution in [0.3, 0.4) is 0 Å². The molecule has 0 saturated carbocycles. The molecular weight excluding hydrogens is 226 g/mol. The summed E-state index contributed by atoms with van der Waals surface area (Å²) >= 11 is 0. The van der Waals surface area contributed by atoms with Crippen LogP contribution in [0.25, 0.3) is 11.1 Å². The van der Waals surface area contributed by atoms with E-state index in [0.717, 1.165) is 23.4 Å². The van der Waals surface area contributed by atoms with E-state index in [-0.39, 0.29) is 6.03 Å². The minimum Gasteiger partial charge on any atom is -0.336 e. The summed E-state index contributed by atoms with van der Waals surface area (Å²) in [6, 6.07) is 11.9. The molecule has 3 rings (SSSR count). The fraction of sp³-hybridized carbons (Fsp3) is 0.143. The highest BCUT2D eigenvalue weighted by molar-refractivity contribution is 5.94. The van der Waals surface area contributed by atoms with E-state index in [1.807, 2.05) is 36.4 Å². The van der Waals surface area contributed by atoms with Crippen LogP contribution in [-0.2, 0) is 0 Å². The monoisotopic (exact) mass is 239 g/mol. The van der Waals surface area contributed by atoms with E-state index in [4.69, 9.17) is 0 Å². The molecule has 0 atom stereocenters. The average Bonchev–Trinajstić information content (AvgIpc) is 2.86. The SMILES string of the molecule is O=C1NCCN1c1ccc(-c2ccncc2)cc1. The largest absolute Gasteiger partial charge is 0.336 e. The third-order valence-corrected chi connectivity index (χ3v) is 3.05. The van der Waals surface area contributed by atoms with Gasteiger partial charge in [-0.1, -0.05) is 12.1 Å². The summed E-state index contributed by atoms with van der Waals surface area (Å²) < 4.78 is 0. The third-order valence-electron chi connectivity index (χ3n) is 3.05. The van der Waals surface area contributed by atoms with Crippen molar-refractivity contribution in [2.24, 2.45) is 0 Å². The molecule has 1 N–H and O–H groups in total. The molecule has 0 bridgehead atoms. The molecule has 18 heavy (non-hydrogen) atoms. The maximum absolute atomic E-state index is 11.5. The first-order valence-electron chi connectivity index (χ1n) is 5.90. The van der Waals surface area contributed by atoms with Gasteiger partial charge in [-0.2, -0.15) is 0 Å². The van der Waals surface area contributed by atoms with Crippen LogP contribution in [0.2, 0.25) is 0 Å². The molecule has 0 radical (unpaired) electrons.